The number of rotatable bonds is 5. The van der Waals surface area contributed by atoms with Crippen LogP contribution in [0.5, 0.6) is 0 Å². The second-order valence-electron chi connectivity index (χ2n) is 5.14. The number of hydrogen-bond donors (Lipinski definition) is 1. The van der Waals surface area contributed by atoms with Crippen molar-refractivity contribution in [2.45, 2.75) is 26.4 Å². The Labute approximate surface area is 124 Å². The lowest BCUT2D eigenvalue weighted by atomic mass is 10.2. The van der Waals surface area contributed by atoms with Crippen molar-refractivity contribution in [1.82, 2.24) is 19.3 Å². The van der Waals surface area contributed by atoms with Gasteiger partial charge in [0.2, 0.25) is 0 Å². The molecule has 3 aromatic rings. The Bertz CT molecular complexity index is 708. The Kier molecular flexibility index (Phi) is 3.73. The Morgan fingerprint density at radius 2 is 1.95 bits per heavy atom. The average molecular weight is 281 g/mol. The van der Waals surface area contributed by atoms with Gasteiger partial charge in [-0.2, -0.15) is 5.10 Å². The topological polar surface area (TPSA) is 61.7 Å². The maximum absolute atomic E-state index is 5.72. The molecule has 0 aliphatic heterocycles. The Hall–Kier alpha value is -2.56. The van der Waals surface area contributed by atoms with Crippen LogP contribution in [0.3, 0.4) is 0 Å². The van der Waals surface area contributed by atoms with Crippen molar-refractivity contribution in [3.8, 4) is 11.3 Å². The quantitative estimate of drug-likeness (QED) is 0.731. The van der Waals surface area contributed by atoms with E-state index < -0.39 is 0 Å². The summed E-state index contributed by atoms with van der Waals surface area (Å²) >= 11 is 0. The van der Waals surface area contributed by atoms with Crippen molar-refractivity contribution in [1.29, 1.82) is 0 Å². The van der Waals surface area contributed by atoms with Crippen molar-refractivity contribution in [2.75, 3.05) is 5.73 Å². The molecule has 0 fully saturated rings. The Morgan fingerprint density at radius 1 is 1.14 bits per heavy atom. The second kappa shape index (κ2) is 5.83. The molecule has 0 atom stereocenters. The molecule has 0 amide bonds. The summed E-state index contributed by atoms with van der Waals surface area (Å²) in [5.41, 5.74) is 9.88. The highest BCUT2D eigenvalue weighted by atomic mass is 15.3. The number of imidazole rings is 1. The molecule has 108 valence electrons. The smallest absolute Gasteiger partial charge is 0.0954 e. The van der Waals surface area contributed by atoms with E-state index in [4.69, 9.17) is 5.73 Å². The van der Waals surface area contributed by atoms with Crippen LogP contribution in [0.25, 0.3) is 11.3 Å². The standard InChI is InChI=1S/C16H19N5/c1-2-7-21-11-14(8-19-21)16-9-18-12-20(16)10-13-3-5-15(17)6-4-13/h3-6,8-9,11-12H,2,7,10,17H2,1H3. The van der Waals surface area contributed by atoms with Crippen LogP contribution in [0.15, 0.2) is 49.2 Å². The van der Waals surface area contributed by atoms with Crippen molar-refractivity contribution in [2.24, 2.45) is 0 Å². The fraction of sp³-hybridized carbons (Fsp3) is 0.250. The van der Waals surface area contributed by atoms with Crippen LogP contribution in [-0.4, -0.2) is 19.3 Å². The molecule has 0 saturated carbocycles. The molecular formula is C16H19N5. The molecule has 0 spiro atoms. The minimum Gasteiger partial charge on any atom is -0.399 e. The zero-order valence-corrected chi connectivity index (χ0v) is 12.1. The first-order valence-corrected chi connectivity index (χ1v) is 7.13. The summed E-state index contributed by atoms with van der Waals surface area (Å²) in [4.78, 5) is 4.27. The number of nitrogen functional groups attached to an aromatic ring is 1. The van der Waals surface area contributed by atoms with Crippen molar-refractivity contribution < 1.29 is 0 Å². The number of nitrogens with zero attached hydrogens (tertiary/aromatic N) is 4. The number of aryl methyl sites for hydroxylation is 1. The lowest BCUT2D eigenvalue weighted by molar-refractivity contribution is 0.603. The maximum atomic E-state index is 5.72. The summed E-state index contributed by atoms with van der Waals surface area (Å²) in [6.07, 6.45) is 8.77. The van der Waals surface area contributed by atoms with Crippen LogP contribution in [-0.2, 0) is 13.1 Å². The summed E-state index contributed by atoms with van der Waals surface area (Å²) in [5, 5.41) is 4.38. The van der Waals surface area contributed by atoms with Gasteiger partial charge in [0.15, 0.2) is 0 Å². The number of hydrogen-bond acceptors (Lipinski definition) is 3. The molecule has 2 aromatic heterocycles. The Morgan fingerprint density at radius 3 is 2.71 bits per heavy atom. The third-order valence-electron chi connectivity index (χ3n) is 3.43. The number of aromatic nitrogens is 4. The van der Waals surface area contributed by atoms with Crippen LogP contribution < -0.4 is 5.73 Å². The molecule has 0 unspecified atom stereocenters. The van der Waals surface area contributed by atoms with E-state index in [-0.39, 0.29) is 0 Å². The van der Waals surface area contributed by atoms with E-state index in [1.807, 2.05) is 47.7 Å². The summed E-state index contributed by atoms with van der Waals surface area (Å²) in [6, 6.07) is 7.93. The lowest BCUT2D eigenvalue weighted by Gasteiger charge is -2.07. The maximum Gasteiger partial charge on any atom is 0.0954 e. The van der Waals surface area contributed by atoms with Crippen molar-refractivity contribution in [3.63, 3.8) is 0 Å². The van der Waals surface area contributed by atoms with E-state index in [1.165, 1.54) is 5.56 Å². The highest BCUT2D eigenvalue weighted by molar-refractivity contribution is 5.56. The average Bonchev–Trinajstić information content (AvgIpc) is 3.11. The van der Waals surface area contributed by atoms with E-state index in [1.54, 1.807) is 0 Å². The lowest BCUT2D eigenvalue weighted by Crippen LogP contribution is -2.00. The largest absolute Gasteiger partial charge is 0.399 e. The van der Waals surface area contributed by atoms with Crippen LogP contribution in [0, 0.1) is 0 Å². The van der Waals surface area contributed by atoms with Gasteiger partial charge in [0.05, 0.1) is 24.4 Å². The molecule has 5 nitrogen and oxygen atoms in total. The van der Waals surface area contributed by atoms with Crippen molar-refractivity contribution in [3.05, 3.63) is 54.7 Å². The number of nitrogens with two attached hydrogens (primary N) is 1. The molecule has 2 heterocycles. The molecule has 0 bridgehead atoms. The zero-order chi connectivity index (χ0) is 14.7. The monoisotopic (exact) mass is 281 g/mol. The first-order chi connectivity index (χ1) is 10.3. The van der Waals surface area contributed by atoms with Gasteiger partial charge in [-0.05, 0) is 24.1 Å². The fourth-order valence-electron chi connectivity index (χ4n) is 2.35. The van der Waals surface area contributed by atoms with Crippen LogP contribution in [0.2, 0.25) is 0 Å². The highest BCUT2D eigenvalue weighted by Gasteiger charge is 2.08. The molecule has 0 aliphatic carbocycles. The van der Waals surface area contributed by atoms with E-state index in [9.17, 15) is 0 Å². The van der Waals surface area contributed by atoms with E-state index in [0.717, 1.165) is 36.5 Å². The third-order valence-corrected chi connectivity index (χ3v) is 3.43. The van der Waals surface area contributed by atoms with Gasteiger partial charge in [-0.25, -0.2) is 4.98 Å². The SMILES string of the molecule is CCCn1cc(-c2cncn2Cc2ccc(N)cc2)cn1. The third kappa shape index (κ3) is 2.97. The summed E-state index contributed by atoms with van der Waals surface area (Å²) in [6.45, 7) is 3.85. The van der Waals surface area contributed by atoms with Gasteiger partial charge < -0.3 is 10.3 Å². The molecule has 3 rings (SSSR count). The fourth-order valence-corrected chi connectivity index (χ4v) is 2.35. The molecule has 0 aliphatic rings. The van der Waals surface area contributed by atoms with E-state index >= 15 is 0 Å². The molecule has 5 heteroatoms. The number of anilines is 1. The molecular weight excluding hydrogens is 262 g/mol. The molecule has 2 N–H and O–H groups in total. The van der Waals surface area contributed by atoms with Gasteiger partial charge in [-0.3, -0.25) is 4.68 Å². The molecule has 21 heavy (non-hydrogen) atoms. The second-order valence-corrected chi connectivity index (χ2v) is 5.14. The summed E-state index contributed by atoms with van der Waals surface area (Å²) in [7, 11) is 0. The summed E-state index contributed by atoms with van der Waals surface area (Å²) in [5.74, 6) is 0. The minimum absolute atomic E-state index is 0.772. The number of benzene rings is 1. The van der Waals surface area contributed by atoms with E-state index in [0.29, 0.717) is 0 Å². The summed E-state index contributed by atoms with van der Waals surface area (Å²) < 4.78 is 4.09. The molecule has 1 aromatic carbocycles. The Balaban J connectivity index is 1.84. The first kappa shape index (κ1) is 13.4. The molecule has 0 radical (unpaired) electrons. The van der Waals surface area contributed by atoms with Gasteiger partial charge in [0, 0.05) is 30.5 Å². The van der Waals surface area contributed by atoms with Crippen LogP contribution in [0.1, 0.15) is 18.9 Å². The van der Waals surface area contributed by atoms with E-state index in [2.05, 4.69) is 27.8 Å². The van der Waals surface area contributed by atoms with Gasteiger partial charge >= 0.3 is 0 Å². The predicted molar refractivity (Wildman–Crippen MR) is 83.7 cm³/mol. The zero-order valence-electron chi connectivity index (χ0n) is 12.1. The minimum atomic E-state index is 0.772. The highest BCUT2D eigenvalue weighted by Crippen LogP contribution is 2.19. The van der Waals surface area contributed by atoms with Gasteiger partial charge in [0.25, 0.3) is 0 Å². The van der Waals surface area contributed by atoms with Gasteiger partial charge in [0.1, 0.15) is 0 Å². The first-order valence-electron chi connectivity index (χ1n) is 7.13. The van der Waals surface area contributed by atoms with Gasteiger partial charge in [-0.1, -0.05) is 19.1 Å². The van der Waals surface area contributed by atoms with Crippen molar-refractivity contribution >= 4 is 5.69 Å². The molecule has 0 saturated heterocycles. The normalized spacial score (nSPS) is 10.9. The predicted octanol–water partition coefficient (Wildman–Crippen LogP) is 2.79. The van der Waals surface area contributed by atoms with Crippen LogP contribution >= 0.6 is 0 Å². The van der Waals surface area contributed by atoms with Gasteiger partial charge in [-0.15, -0.1) is 0 Å². The van der Waals surface area contributed by atoms with Crippen LogP contribution in [0.4, 0.5) is 5.69 Å².